The predicted octanol–water partition coefficient (Wildman–Crippen LogP) is 3.37. The van der Waals surface area contributed by atoms with Crippen molar-refractivity contribution in [3.63, 3.8) is 0 Å². The molecule has 2 aromatic rings. The van der Waals surface area contributed by atoms with Gasteiger partial charge in [-0.1, -0.05) is 0 Å². The molecular weight excluding hydrogens is 461 g/mol. The smallest absolute Gasteiger partial charge is 0.338 e. The maximum absolute atomic E-state index is 13.4. The number of benzene rings is 2. The first-order chi connectivity index (χ1) is 16.3. The molecule has 2 aromatic carbocycles. The van der Waals surface area contributed by atoms with Crippen LogP contribution in [0.15, 0.2) is 48.5 Å². The number of carbonyl (C=O) groups is 3. The normalized spacial score (nSPS) is 15.6. The van der Waals surface area contributed by atoms with Crippen LogP contribution in [0.1, 0.15) is 30.1 Å². The van der Waals surface area contributed by atoms with Crippen LogP contribution in [-0.4, -0.2) is 60.7 Å². The predicted molar refractivity (Wildman–Crippen MR) is 129 cm³/mol. The van der Waals surface area contributed by atoms with E-state index in [1.54, 1.807) is 43.2 Å². The summed E-state index contributed by atoms with van der Waals surface area (Å²) in [5, 5.41) is 3.00. The molecule has 1 heterocycles. The number of methoxy groups -OCH3 is 1. The molecule has 1 fully saturated rings. The molecule has 0 bridgehead atoms. The average Bonchev–Trinajstić information content (AvgIpc) is 3.04. The van der Waals surface area contributed by atoms with Crippen molar-refractivity contribution >= 4 is 46.5 Å². The number of rotatable bonds is 10. The van der Waals surface area contributed by atoms with Crippen molar-refractivity contribution in [1.82, 2.24) is 4.90 Å². The van der Waals surface area contributed by atoms with E-state index in [1.165, 1.54) is 29.2 Å². The van der Waals surface area contributed by atoms with Crippen LogP contribution in [-0.2, 0) is 19.1 Å². The highest BCUT2D eigenvalue weighted by atomic mass is 32.1. The monoisotopic (exact) mass is 487 g/mol. The summed E-state index contributed by atoms with van der Waals surface area (Å²) in [6.45, 7) is 2.88. The van der Waals surface area contributed by atoms with Crippen molar-refractivity contribution in [2.45, 2.75) is 25.8 Å². The minimum atomic E-state index is -0.812. The van der Waals surface area contributed by atoms with Crippen LogP contribution in [0.25, 0.3) is 0 Å². The summed E-state index contributed by atoms with van der Waals surface area (Å²) in [4.78, 5) is 40.9. The molecule has 1 atom stereocenters. The van der Waals surface area contributed by atoms with Gasteiger partial charge in [-0.25, -0.2) is 9.18 Å². The Labute approximate surface area is 202 Å². The third-order valence-corrected chi connectivity index (χ3v) is 5.63. The lowest BCUT2D eigenvalue weighted by Crippen LogP contribution is -2.38. The van der Waals surface area contributed by atoms with Crippen LogP contribution < -0.4 is 10.2 Å². The van der Waals surface area contributed by atoms with Crippen molar-refractivity contribution in [1.29, 1.82) is 0 Å². The summed E-state index contributed by atoms with van der Waals surface area (Å²) in [6, 6.07) is 10.9. The van der Waals surface area contributed by atoms with Gasteiger partial charge in [0.2, 0.25) is 5.91 Å². The van der Waals surface area contributed by atoms with E-state index in [4.69, 9.17) is 21.7 Å². The molecule has 0 radical (unpaired) electrons. The average molecular weight is 488 g/mol. The van der Waals surface area contributed by atoms with Crippen LogP contribution in [0.3, 0.4) is 0 Å². The Morgan fingerprint density at radius 2 is 1.79 bits per heavy atom. The molecule has 180 valence electrons. The van der Waals surface area contributed by atoms with E-state index in [2.05, 4.69) is 5.32 Å². The van der Waals surface area contributed by atoms with Gasteiger partial charge in [0.05, 0.1) is 24.3 Å². The van der Waals surface area contributed by atoms with Crippen LogP contribution in [0.4, 0.5) is 15.8 Å². The molecule has 1 aliphatic heterocycles. The van der Waals surface area contributed by atoms with E-state index in [9.17, 15) is 18.8 Å². The molecule has 0 aliphatic carbocycles. The number of hydrogen-bond donors (Lipinski definition) is 1. The highest BCUT2D eigenvalue weighted by Crippen LogP contribution is 2.28. The number of amides is 2. The van der Waals surface area contributed by atoms with Gasteiger partial charge in [-0.15, -0.1) is 0 Å². The molecule has 8 nitrogen and oxygen atoms in total. The Hall–Kier alpha value is -3.37. The van der Waals surface area contributed by atoms with Crippen LogP contribution in [0.5, 0.6) is 0 Å². The number of carbonyl (C=O) groups excluding carboxylic acids is 3. The largest absolute Gasteiger partial charge is 0.462 e. The molecule has 1 aliphatic rings. The second kappa shape index (κ2) is 11.7. The van der Waals surface area contributed by atoms with Gasteiger partial charge in [-0.2, -0.15) is 0 Å². The molecule has 3 rings (SSSR count). The van der Waals surface area contributed by atoms with Crippen molar-refractivity contribution in [2.75, 3.05) is 37.1 Å². The number of anilines is 2. The number of nitrogens with zero attached hydrogens (tertiary/aromatic N) is 2. The first-order valence-electron chi connectivity index (χ1n) is 10.8. The molecule has 1 saturated heterocycles. The van der Waals surface area contributed by atoms with E-state index in [-0.39, 0.29) is 30.0 Å². The fourth-order valence-electron chi connectivity index (χ4n) is 3.59. The van der Waals surface area contributed by atoms with Crippen LogP contribution in [0.2, 0.25) is 0 Å². The second-order valence-electron chi connectivity index (χ2n) is 7.54. The Balaban J connectivity index is 1.73. The number of thiocarbonyl (C=S) groups is 1. The minimum Gasteiger partial charge on any atom is -0.462 e. The van der Waals surface area contributed by atoms with E-state index >= 15 is 0 Å². The molecule has 10 heteroatoms. The summed E-state index contributed by atoms with van der Waals surface area (Å²) >= 11 is 5.54. The van der Waals surface area contributed by atoms with Gasteiger partial charge >= 0.3 is 5.97 Å². The Morgan fingerprint density at radius 3 is 2.41 bits per heavy atom. The van der Waals surface area contributed by atoms with Crippen molar-refractivity contribution in [2.24, 2.45) is 0 Å². The zero-order valence-electron chi connectivity index (χ0n) is 19.0. The van der Waals surface area contributed by atoms with Crippen LogP contribution >= 0.6 is 12.2 Å². The van der Waals surface area contributed by atoms with Gasteiger partial charge in [0.25, 0.3) is 5.91 Å². The lowest BCUT2D eigenvalue weighted by atomic mass is 10.1. The number of halogens is 1. The van der Waals surface area contributed by atoms with Gasteiger partial charge in [0.1, 0.15) is 11.9 Å². The van der Waals surface area contributed by atoms with Gasteiger partial charge < -0.3 is 19.7 Å². The first kappa shape index (κ1) is 25.3. The summed E-state index contributed by atoms with van der Waals surface area (Å²) in [7, 11) is 1.58. The Bertz CT molecular complexity index is 1050. The molecule has 0 spiro atoms. The zero-order chi connectivity index (χ0) is 24.7. The van der Waals surface area contributed by atoms with Crippen molar-refractivity contribution < 1.29 is 28.2 Å². The maximum Gasteiger partial charge on any atom is 0.338 e. The lowest BCUT2D eigenvalue weighted by Gasteiger charge is -2.23. The number of ether oxygens (including phenoxy) is 2. The molecule has 1 N–H and O–H groups in total. The molecule has 1 unspecified atom stereocenters. The highest BCUT2D eigenvalue weighted by Gasteiger charge is 2.43. The highest BCUT2D eigenvalue weighted by molar-refractivity contribution is 7.80. The Morgan fingerprint density at radius 1 is 1.12 bits per heavy atom. The van der Waals surface area contributed by atoms with Crippen molar-refractivity contribution in [3.05, 3.63) is 59.9 Å². The summed E-state index contributed by atoms with van der Waals surface area (Å²) < 4.78 is 23.4. The standard InChI is InChI=1S/C24H26FN3O5S/c1-3-33-23(31)16-5-9-18(10-6-16)26-21(29)15-20-22(30)28(19-11-7-17(25)8-12-19)24(34)27(20)13-4-14-32-2/h5-12,20H,3-4,13-15H2,1-2H3,(H,26,29). The molecule has 2 amide bonds. The first-order valence-corrected chi connectivity index (χ1v) is 11.2. The fourth-order valence-corrected chi connectivity index (χ4v) is 4.00. The van der Waals surface area contributed by atoms with E-state index in [1.807, 2.05) is 0 Å². The topological polar surface area (TPSA) is 88.2 Å². The molecule has 0 aromatic heterocycles. The van der Waals surface area contributed by atoms with Crippen molar-refractivity contribution in [3.8, 4) is 0 Å². The molecule has 34 heavy (non-hydrogen) atoms. The number of esters is 1. The molecule has 0 saturated carbocycles. The van der Waals surface area contributed by atoms with E-state index in [0.29, 0.717) is 36.5 Å². The van der Waals surface area contributed by atoms with E-state index < -0.39 is 17.8 Å². The third kappa shape index (κ3) is 5.95. The number of hydrogen-bond acceptors (Lipinski definition) is 6. The zero-order valence-corrected chi connectivity index (χ0v) is 19.8. The maximum atomic E-state index is 13.4. The van der Waals surface area contributed by atoms with Gasteiger partial charge in [-0.05, 0) is 74.1 Å². The molecular formula is C24H26FN3O5S. The number of nitrogens with one attached hydrogen (secondary N) is 1. The fraction of sp³-hybridized carbons (Fsp3) is 0.333. The summed E-state index contributed by atoms with van der Waals surface area (Å²) in [6.07, 6.45) is 0.470. The van der Waals surface area contributed by atoms with Gasteiger partial charge in [0, 0.05) is 25.9 Å². The third-order valence-electron chi connectivity index (χ3n) is 5.21. The van der Waals surface area contributed by atoms with Gasteiger partial charge in [0.15, 0.2) is 5.11 Å². The quantitative estimate of drug-likeness (QED) is 0.312. The second-order valence-corrected chi connectivity index (χ2v) is 7.90. The summed E-state index contributed by atoms with van der Waals surface area (Å²) in [5.41, 5.74) is 1.29. The van der Waals surface area contributed by atoms with Gasteiger partial charge in [-0.3, -0.25) is 14.5 Å². The SMILES string of the molecule is CCOC(=O)c1ccc(NC(=O)CC2C(=O)N(c3ccc(F)cc3)C(=S)N2CCCOC)cc1. The Kier molecular flexibility index (Phi) is 8.67. The van der Waals surface area contributed by atoms with E-state index in [0.717, 1.165) is 0 Å². The summed E-state index contributed by atoms with van der Waals surface area (Å²) in [5.74, 6) is -1.62. The minimum absolute atomic E-state index is 0.136. The lowest BCUT2D eigenvalue weighted by molar-refractivity contribution is -0.124. The van der Waals surface area contributed by atoms with Crippen LogP contribution in [0, 0.1) is 5.82 Å².